The summed E-state index contributed by atoms with van der Waals surface area (Å²) in [6.45, 7) is 7.57. The molecule has 0 radical (unpaired) electrons. The van der Waals surface area contributed by atoms with Crippen molar-refractivity contribution >= 4 is 34.3 Å². The zero-order chi connectivity index (χ0) is 27.3. The van der Waals surface area contributed by atoms with Gasteiger partial charge in [0.15, 0.2) is 5.69 Å². The van der Waals surface area contributed by atoms with Crippen molar-refractivity contribution in [3.05, 3.63) is 53.9 Å². The monoisotopic (exact) mass is 522 g/mol. The van der Waals surface area contributed by atoms with E-state index < -0.39 is 5.97 Å². The maximum atomic E-state index is 13.2. The number of ether oxygens (including phenoxy) is 3. The highest BCUT2D eigenvalue weighted by molar-refractivity contribution is 6.11. The number of fused-ring (bicyclic) bond motifs is 1. The molecule has 1 aliphatic heterocycles. The van der Waals surface area contributed by atoms with Gasteiger partial charge in [0.05, 0.1) is 42.8 Å². The first kappa shape index (κ1) is 27.6. The van der Waals surface area contributed by atoms with Crippen LogP contribution in [0.1, 0.15) is 49.7 Å². The highest BCUT2D eigenvalue weighted by Gasteiger charge is 2.30. The Labute approximate surface area is 223 Å². The fraction of sp³-hybridized carbons (Fsp3) is 0.483. The molecule has 4 rings (SSSR count). The zero-order valence-corrected chi connectivity index (χ0v) is 22.9. The second kappa shape index (κ2) is 12.0. The predicted molar refractivity (Wildman–Crippen MR) is 148 cm³/mol. The van der Waals surface area contributed by atoms with Crippen LogP contribution in [0.5, 0.6) is 0 Å². The van der Waals surface area contributed by atoms with E-state index in [9.17, 15) is 9.59 Å². The molecule has 2 aromatic heterocycles. The lowest BCUT2D eigenvalue weighted by molar-refractivity contribution is -0.119. The van der Waals surface area contributed by atoms with Gasteiger partial charge in [-0.2, -0.15) is 0 Å². The van der Waals surface area contributed by atoms with Gasteiger partial charge in [-0.1, -0.05) is 30.3 Å². The third-order valence-electron chi connectivity index (χ3n) is 7.06. The number of hydrogen-bond donors (Lipinski definition) is 2. The van der Waals surface area contributed by atoms with Crippen LogP contribution in [-0.4, -0.2) is 60.5 Å². The van der Waals surface area contributed by atoms with Crippen molar-refractivity contribution in [3.63, 3.8) is 0 Å². The van der Waals surface area contributed by atoms with Gasteiger partial charge in [-0.3, -0.25) is 4.79 Å². The van der Waals surface area contributed by atoms with Crippen molar-refractivity contribution in [2.24, 2.45) is 5.92 Å². The van der Waals surface area contributed by atoms with E-state index in [0.29, 0.717) is 49.3 Å². The summed E-state index contributed by atoms with van der Waals surface area (Å²) < 4.78 is 18.0. The number of nitrogens with one attached hydrogen (secondary N) is 2. The second-order valence-corrected chi connectivity index (χ2v) is 10.5. The number of carbonyl (C=O) groups excluding carboxylic acids is 2. The van der Waals surface area contributed by atoms with Crippen LogP contribution in [0.15, 0.2) is 42.6 Å². The minimum atomic E-state index is -0.529. The summed E-state index contributed by atoms with van der Waals surface area (Å²) in [6, 6.07) is 12.1. The lowest BCUT2D eigenvalue weighted by Crippen LogP contribution is -2.31. The molecule has 1 saturated heterocycles. The fourth-order valence-corrected chi connectivity index (χ4v) is 4.97. The van der Waals surface area contributed by atoms with Crippen molar-refractivity contribution in [2.45, 2.75) is 58.2 Å². The number of aryl methyl sites for hydroxylation is 2. The van der Waals surface area contributed by atoms with E-state index in [1.807, 2.05) is 54.8 Å². The van der Waals surface area contributed by atoms with Crippen molar-refractivity contribution in [1.29, 1.82) is 0 Å². The highest BCUT2D eigenvalue weighted by Crippen LogP contribution is 2.34. The largest absolute Gasteiger partial charge is 0.464 e. The topological polar surface area (TPSA) is 104 Å². The number of anilines is 2. The molecule has 1 aromatic carbocycles. The van der Waals surface area contributed by atoms with Crippen LogP contribution < -0.4 is 10.6 Å². The van der Waals surface area contributed by atoms with E-state index >= 15 is 0 Å². The zero-order valence-electron chi connectivity index (χ0n) is 22.9. The Kier molecular flexibility index (Phi) is 8.69. The first-order chi connectivity index (χ1) is 18.2. The molecule has 204 valence electrons. The van der Waals surface area contributed by atoms with Crippen molar-refractivity contribution in [2.75, 3.05) is 38.1 Å². The molecule has 1 fully saturated rings. The van der Waals surface area contributed by atoms with Gasteiger partial charge in [-0.05, 0) is 51.7 Å². The summed E-state index contributed by atoms with van der Waals surface area (Å²) in [6.07, 6.45) is 3.86. The Bertz CT molecular complexity index is 1260. The molecule has 2 unspecified atom stereocenters. The molecule has 9 nitrogen and oxygen atoms in total. The molecule has 0 spiro atoms. The first-order valence-electron chi connectivity index (χ1n) is 13.1. The molecule has 0 aliphatic carbocycles. The Morgan fingerprint density at radius 3 is 2.66 bits per heavy atom. The number of benzene rings is 1. The van der Waals surface area contributed by atoms with Crippen LogP contribution in [0, 0.1) is 5.92 Å². The lowest BCUT2D eigenvalue weighted by Gasteiger charge is -2.27. The average molecular weight is 523 g/mol. The molecule has 2 atom stereocenters. The fourth-order valence-electron chi connectivity index (χ4n) is 4.97. The summed E-state index contributed by atoms with van der Waals surface area (Å²) in [5.41, 5.74) is 2.93. The van der Waals surface area contributed by atoms with Crippen LogP contribution in [0.4, 0.5) is 11.4 Å². The quantitative estimate of drug-likeness (QED) is 0.353. The first-order valence-corrected chi connectivity index (χ1v) is 13.1. The number of methoxy groups -OCH3 is 2. The summed E-state index contributed by atoms with van der Waals surface area (Å²) in [4.78, 5) is 31.0. The Balaban J connectivity index is 1.75. The van der Waals surface area contributed by atoms with E-state index in [-0.39, 0.29) is 29.2 Å². The van der Waals surface area contributed by atoms with Gasteiger partial charge < -0.3 is 29.4 Å². The molecule has 3 aromatic rings. The molecule has 3 heterocycles. The number of amides is 1. The van der Waals surface area contributed by atoms with Crippen molar-refractivity contribution in [3.8, 4) is 0 Å². The number of pyridine rings is 1. The maximum absolute atomic E-state index is 13.2. The van der Waals surface area contributed by atoms with Crippen LogP contribution in [0.2, 0.25) is 0 Å². The highest BCUT2D eigenvalue weighted by atomic mass is 16.5. The third-order valence-corrected chi connectivity index (χ3v) is 7.06. The Hall–Kier alpha value is -3.43. The summed E-state index contributed by atoms with van der Waals surface area (Å²) in [5.74, 6) is -0.976. The van der Waals surface area contributed by atoms with E-state index in [1.165, 1.54) is 7.11 Å². The number of rotatable bonds is 11. The Morgan fingerprint density at radius 2 is 2.00 bits per heavy atom. The average Bonchev–Trinajstić information content (AvgIpc) is 3.54. The van der Waals surface area contributed by atoms with E-state index in [4.69, 9.17) is 19.2 Å². The standard InChI is InChI=1S/C29H38N4O5/c1-19(16-29(2,3)37-5)31-22-15-23-24(32-27(34)21-12-14-38-18-21)25(28(35)36-4)33(26(23)30-17-22)13-11-20-9-7-6-8-10-20/h6-10,15,17,19,21,31H,11-14,16,18H2,1-5H3,(H,32,34). The molecule has 1 aliphatic rings. The minimum absolute atomic E-state index is 0.0955. The van der Waals surface area contributed by atoms with Gasteiger partial charge >= 0.3 is 5.97 Å². The van der Waals surface area contributed by atoms with E-state index in [0.717, 1.165) is 17.7 Å². The Morgan fingerprint density at radius 1 is 1.24 bits per heavy atom. The van der Waals surface area contributed by atoms with Crippen LogP contribution in [-0.2, 0) is 32.0 Å². The number of carbonyl (C=O) groups is 2. The van der Waals surface area contributed by atoms with Gasteiger partial charge in [-0.15, -0.1) is 0 Å². The van der Waals surface area contributed by atoms with Crippen molar-refractivity contribution in [1.82, 2.24) is 9.55 Å². The van der Waals surface area contributed by atoms with Gasteiger partial charge in [0, 0.05) is 31.7 Å². The maximum Gasteiger partial charge on any atom is 0.356 e. The lowest BCUT2D eigenvalue weighted by atomic mass is 10.00. The predicted octanol–water partition coefficient (Wildman–Crippen LogP) is 4.66. The number of esters is 1. The number of hydrogen-bond acceptors (Lipinski definition) is 7. The van der Waals surface area contributed by atoms with Gasteiger partial charge in [-0.25, -0.2) is 9.78 Å². The molecule has 0 bridgehead atoms. The molecule has 9 heteroatoms. The second-order valence-electron chi connectivity index (χ2n) is 10.5. The van der Waals surface area contributed by atoms with Gasteiger partial charge in [0.1, 0.15) is 5.65 Å². The molecule has 38 heavy (non-hydrogen) atoms. The van der Waals surface area contributed by atoms with Crippen LogP contribution in [0.3, 0.4) is 0 Å². The summed E-state index contributed by atoms with van der Waals surface area (Å²) >= 11 is 0. The third kappa shape index (κ3) is 6.34. The molecule has 0 saturated carbocycles. The molecular weight excluding hydrogens is 484 g/mol. The molecule has 2 N–H and O–H groups in total. The normalized spacial score (nSPS) is 16.4. The van der Waals surface area contributed by atoms with Crippen LogP contribution >= 0.6 is 0 Å². The molecule has 1 amide bonds. The van der Waals surface area contributed by atoms with E-state index in [1.54, 1.807) is 13.3 Å². The molecular formula is C29H38N4O5. The number of aromatic nitrogens is 2. The van der Waals surface area contributed by atoms with Crippen LogP contribution in [0.25, 0.3) is 11.0 Å². The van der Waals surface area contributed by atoms with Gasteiger partial charge in [0.2, 0.25) is 5.91 Å². The van der Waals surface area contributed by atoms with Crippen molar-refractivity contribution < 1.29 is 23.8 Å². The summed E-state index contributed by atoms with van der Waals surface area (Å²) in [5, 5.41) is 7.19. The van der Waals surface area contributed by atoms with Gasteiger partial charge in [0.25, 0.3) is 0 Å². The number of nitrogens with zero attached hydrogens (tertiary/aromatic N) is 2. The smallest absolute Gasteiger partial charge is 0.356 e. The summed E-state index contributed by atoms with van der Waals surface area (Å²) in [7, 11) is 3.05. The minimum Gasteiger partial charge on any atom is -0.464 e. The van der Waals surface area contributed by atoms with E-state index in [2.05, 4.69) is 17.6 Å². The SMILES string of the molecule is COC(=O)c1c(NC(=O)C2CCOC2)c2cc(NC(C)CC(C)(C)OC)cnc2n1CCc1ccccc1.